The maximum atomic E-state index is 5.37. The molecular formula is C14H19N5OS. The number of thiazole rings is 1. The summed E-state index contributed by atoms with van der Waals surface area (Å²) in [6.45, 7) is 7.35. The molecule has 0 bridgehead atoms. The molecule has 1 aliphatic rings. The lowest BCUT2D eigenvalue weighted by atomic mass is 10.3. The van der Waals surface area contributed by atoms with Crippen molar-refractivity contribution in [2.75, 3.05) is 36.5 Å². The highest BCUT2D eigenvalue weighted by molar-refractivity contribution is 7.09. The molecule has 21 heavy (non-hydrogen) atoms. The van der Waals surface area contributed by atoms with Crippen LogP contribution in [0.2, 0.25) is 0 Å². The lowest BCUT2D eigenvalue weighted by Gasteiger charge is -2.27. The molecular weight excluding hydrogens is 286 g/mol. The number of nitrogens with zero attached hydrogens (tertiary/aromatic N) is 4. The first kappa shape index (κ1) is 14.2. The topological polar surface area (TPSA) is 63.2 Å². The van der Waals surface area contributed by atoms with Crippen LogP contribution < -0.4 is 10.2 Å². The van der Waals surface area contributed by atoms with E-state index in [1.165, 1.54) is 0 Å². The molecule has 0 aliphatic carbocycles. The number of rotatable bonds is 4. The zero-order valence-electron chi connectivity index (χ0n) is 12.2. The Morgan fingerprint density at radius 2 is 2.14 bits per heavy atom. The summed E-state index contributed by atoms with van der Waals surface area (Å²) in [5, 5.41) is 6.52. The molecule has 0 saturated carbocycles. The summed E-state index contributed by atoms with van der Waals surface area (Å²) in [6.07, 6.45) is 1.60. The molecule has 0 amide bonds. The SMILES string of the molecule is Cc1csc(C(C)Nc2cc(N3CCOCC3)ncn2)n1. The van der Waals surface area contributed by atoms with E-state index in [1.807, 2.05) is 13.0 Å². The second-order valence-corrected chi connectivity index (χ2v) is 5.94. The van der Waals surface area contributed by atoms with Crippen LogP contribution in [-0.4, -0.2) is 41.3 Å². The highest BCUT2D eigenvalue weighted by Gasteiger charge is 2.14. The Morgan fingerprint density at radius 3 is 2.86 bits per heavy atom. The number of morpholine rings is 1. The van der Waals surface area contributed by atoms with Crippen molar-refractivity contribution in [3.05, 3.63) is 28.5 Å². The first-order valence-electron chi connectivity index (χ1n) is 7.05. The van der Waals surface area contributed by atoms with Gasteiger partial charge < -0.3 is 15.0 Å². The van der Waals surface area contributed by atoms with Crippen molar-refractivity contribution in [3.8, 4) is 0 Å². The predicted molar refractivity (Wildman–Crippen MR) is 84.0 cm³/mol. The Kier molecular flexibility index (Phi) is 4.31. The highest BCUT2D eigenvalue weighted by Crippen LogP contribution is 2.23. The Morgan fingerprint density at radius 1 is 1.33 bits per heavy atom. The van der Waals surface area contributed by atoms with Crippen LogP contribution in [-0.2, 0) is 4.74 Å². The minimum absolute atomic E-state index is 0.135. The first-order valence-corrected chi connectivity index (χ1v) is 7.93. The van der Waals surface area contributed by atoms with Crippen LogP contribution >= 0.6 is 11.3 Å². The summed E-state index contributed by atoms with van der Waals surface area (Å²) in [4.78, 5) is 15.4. The smallest absolute Gasteiger partial charge is 0.134 e. The first-order chi connectivity index (χ1) is 10.2. The molecule has 1 atom stereocenters. The number of aromatic nitrogens is 3. The van der Waals surface area contributed by atoms with Gasteiger partial charge >= 0.3 is 0 Å². The molecule has 7 heteroatoms. The third-order valence-corrected chi connectivity index (χ3v) is 4.50. The van der Waals surface area contributed by atoms with E-state index in [4.69, 9.17) is 4.74 Å². The van der Waals surface area contributed by atoms with Crippen LogP contribution in [0.15, 0.2) is 17.8 Å². The van der Waals surface area contributed by atoms with Gasteiger partial charge in [-0.1, -0.05) is 0 Å². The molecule has 0 spiro atoms. The Bertz CT molecular complexity index is 597. The summed E-state index contributed by atoms with van der Waals surface area (Å²) in [5.74, 6) is 1.77. The number of hydrogen-bond acceptors (Lipinski definition) is 7. The van der Waals surface area contributed by atoms with Gasteiger partial charge in [0.1, 0.15) is 23.0 Å². The van der Waals surface area contributed by atoms with E-state index in [2.05, 4.69) is 37.5 Å². The van der Waals surface area contributed by atoms with Gasteiger partial charge in [-0.2, -0.15) is 0 Å². The molecule has 0 aromatic carbocycles. The van der Waals surface area contributed by atoms with E-state index in [1.54, 1.807) is 17.7 Å². The van der Waals surface area contributed by atoms with E-state index in [9.17, 15) is 0 Å². The fraction of sp³-hybridized carbons (Fsp3) is 0.500. The average Bonchev–Trinajstić information content (AvgIpc) is 2.95. The molecule has 6 nitrogen and oxygen atoms in total. The van der Waals surface area contributed by atoms with E-state index in [0.29, 0.717) is 0 Å². The van der Waals surface area contributed by atoms with Crippen molar-refractivity contribution in [1.29, 1.82) is 0 Å². The number of aryl methyl sites for hydroxylation is 1. The third kappa shape index (κ3) is 3.48. The fourth-order valence-electron chi connectivity index (χ4n) is 2.25. The van der Waals surface area contributed by atoms with Crippen molar-refractivity contribution in [2.45, 2.75) is 19.9 Å². The summed E-state index contributed by atoms with van der Waals surface area (Å²) in [7, 11) is 0. The second-order valence-electron chi connectivity index (χ2n) is 5.05. The molecule has 112 valence electrons. The molecule has 1 fully saturated rings. The van der Waals surface area contributed by atoms with Gasteiger partial charge in [0.15, 0.2) is 0 Å². The van der Waals surface area contributed by atoms with Gasteiger partial charge in [0.2, 0.25) is 0 Å². The molecule has 0 radical (unpaired) electrons. The molecule has 1 saturated heterocycles. The van der Waals surface area contributed by atoms with Gasteiger partial charge in [-0.05, 0) is 13.8 Å². The molecule has 2 aromatic heterocycles. The van der Waals surface area contributed by atoms with Gasteiger partial charge in [-0.3, -0.25) is 0 Å². The highest BCUT2D eigenvalue weighted by atomic mass is 32.1. The largest absolute Gasteiger partial charge is 0.378 e. The number of hydrogen-bond donors (Lipinski definition) is 1. The summed E-state index contributed by atoms with van der Waals surface area (Å²) >= 11 is 1.67. The average molecular weight is 305 g/mol. The van der Waals surface area contributed by atoms with Crippen molar-refractivity contribution in [1.82, 2.24) is 15.0 Å². The molecule has 1 unspecified atom stereocenters. The Balaban J connectivity index is 1.70. The molecule has 1 N–H and O–H groups in total. The van der Waals surface area contributed by atoms with Gasteiger partial charge in [0.25, 0.3) is 0 Å². The number of nitrogens with one attached hydrogen (secondary N) is 1. The van der Waals surface area contributed by atoms with Gasteiger partial charge in [0.05, 0.1) is 19.3 Å². The lowest BCUT2D eigenvalue weighted by molar-refractivity contribution is 0.122. The van der Waals surface area contributed by atoms with Crippen LogP contribution in [0.5, 0.6) is 0 Å². The molecule has 3 rings (SSSR count). The van der Waals surface area contributed by atoms with Crippen LogP contribution in [0, 0.1) is 6.92 Å². The second kappa shape index (κ2) is 6.36. The van der Waals surface area contributed by atoms with E-state index >= 15 is 0 Å². The normalized spacial score (nSPS) is 16.8. The summed E-state index contributed by atoms with van der Waals surface area (Å²) < 4.78 is 5.37. The van der Waals surface area contributed by atoms with Crippen LogP contribution in [0.1, 0.15) is 23.7 Å². The van der Waals surface area contributed by atoms with E-state index in [0.717, 1.165) is 48.6 Å². The number of ether oxygens (including phenoxy) is 1. The summed E-state index contributed by atoms with van der Waals surface area (Å²) in [6, 6.07) is 2.12. The molecule has 1 aliphatic heterocycles. The van der Waals surface area contributed by atoms with Gasteiger partial charge in [0, 0.05) is 30.2 Å². The third-order valence-electron chi connectivity index (χ3n) is 3.36. The Labute approximate surface area is 128 Å². The van der Waals surface area contributed by atoms with Crippen molar-refractivity contribution >= 4 is 23.0 Å². The number of anilines is 2. The van der Waals surface area contributed by atoms with E-state index in [-0.39, 0.29) is 6.04 Å². The quantitative estimate of drug-likeness (QED) is 0.935. The predicted octanol–water partition coefficient (Wildman–Crippen LogP) is 2.25. The fourth-order valence-corrected chi connectivity index (χ4v) is 3.05. The standard InChI is InChI=1S/C14H19N5OS/c1-10-8-21-14(17-10)11(2)18-12-7-13(16-9-15-12)19-3-5-20-6-4-19/h7-9,11H,3-6H2,1-2H3,(H,15,16,18). The molecule has 2 aromatic rings. The summed E-state index contributed by atoms with van der Waals surface area (Å²) in [5.41, 5.74) is 1.06. The van der Waals surface area contributed by atoms with Crippen LogP contribution in [0.25, 0.3) is 0 Å². The maximum absolute atomic E-state index is 5.37. The maximum Gasteiger partial charge on any atom is 0.134 e. The van der Waals surface area contributed by atoms with Crippen molar-refractivity contribution in [2.24, 2.45) is 0 Å². The van der Waals surface area contributed by atoms with Gasteiger partial charge in [-0.15, -0.1) is 11.3 Å². The van der Waals surface area contributed by atoms with E-state index < -0.39 is 0 Å². The van der Waals surface area contributed by atoms with Crippen molar-refractivity contribution < 1.29 is 4.74 Å². The minimum Gasteiger partial charge on any atom is -0.378 e. The van der Waals surface area contributed by atoms with Gasteiger partial charge in [-0.25, -0.2) is 15.0 Å². The monoisotopic (exact) mass is 305 g/mol. The lowest BCUT2D eigenvalue weighted by Crippen LogP contribution is -2.36. The van der Waals surface area contributed by atoms with Crippen molar-refractivity contribution in [3.63, 3.8) is 0 Å². The van der Waals surface area contributed by atoms with Crippen LogP contribution in [0.4, 0.5) is 11.6 Å². The minimum atomic E-state index is 0.135. The zero-order valence-corrected chi connectivity index (χ0v) is 13.1. The molecule has 3 heterocycles. The zero-order chi connectivity index (χ0) is 14.7. The van der Waals surface area contributed by atoms with Crippen LogP contribution in [0.3, 0.4) is 0 Å². The Hall–Kier alpha value is -1.73.